The lowest BCUT2D eigenvalue weighted by molar-refractivity contribution is 0.237. The van der Waals surface area contributed by atoms with E-state index in [0.717, 1.165) is 22.5 Å². The van der Waals surface area contributed by atoms with Crippen LogP contribution in [-0.4, -0.2) is 25.7 Å². The summed E-state index contributed by atoms with van der Waals surface area (Å²) in [4.78, 5) is 8.69. The van der Waals surface area contributed by atoms with Crippen molar-refractivity contribution in [2.45, 2.75) is 65.5 Å². The normalized spacial score (nSPS) is 17.7. The van der Waals surface area contributed by atoms with Gasteiger partial charge in [-0.1, -0.05) is 32.4 Å². The molecule has 3 aromatic rings. The minimum absolute atomic E-state index is 0.210. The first-order valence-corrected chi connectivity index (χ1v) is 10.9. The number of aliphatic hydroxyl groups excluding tert-OH is 1. The van der Waals surface area contributed by atoms with Gasteiger partial charge in [0.05, 0.1) is 18.0 Å². The Morgan fingerprint density at radius 2 is 1.93 bits per heavy atom. The van der Waals surface area contributed by atoms with E-state index in [2.05, 4.69) is 46.6 Å². The zero-order valence-corrected chi connectivity index (χ0v) is 18.7. The molecule has 1 aliphatic carbocycles. The molecule has 6 heteroatoms. The molecule has 0 amide bonds. The van der Waals surface area contributed by atoms with Crippen LogP contribution >= 0.6 is 0 Å². The number of nitrogens with zero attached hydrogens (tertiary/aromatic N) is 3. The number of nitrogen functional groups attached to an aromatic ring is 1. The Bertz CT molecular complexity index is 1010. The Kier molecular flexibility index (Phi) is 6.78. The van der Waals surface area contributed by atoms with Gasteiger partial charge in [-0.05, 0) is 55.5 Å². The van der Waals surface area contributed by atoms with Gasteiger partial charge >= 0.3 is 0 Å². The number of fused-ring (bicyclic) bond motifs is 1. The Hall–Kier alpha value is -2.44. The van der Waals surface area contributed by atoms with Gasteiger partial charge in [-0.3, -0.25) is 0 Å². The largest absolute Gasteiger partial charge is 0.390 e. The first kappa shape index (κ1) is 22.2. The molecule has 5 N–H and O–H groups in total. The number of nitrogens with two attached hydrogens (primary N) is 2. The molecule has 4 rings (SSSR count). The molecule has 1 atom stereocenters. The minimum Gasteiger partial charge on any atom is -0.390 e. The van der Waals surface area contributed by atoms with E-state index in [-0.39, 0.29) is 12.4 Å². The molecular weight excluding hydrogens is 374 g/mol. The fraction of sp³-hybridized carbons (Fsp3) is 0.500. The first-order valence-electron chi connectivity index (χ1n) is 10.9. The SMILES string of the molecule is CCC1(CC)CCC[C@H]1N.Cc1nc(N)c(CO)nc1-c1ccc2ccn(C)c2c1. The van der Waals surface area contributed by atoms with Gasteiger partial charge in [0.2, 0.25) is 0 Å². The number of benzene rings is 1. The molecular formula is C24H35N5O. The third-order valence-corrected chi connectivity index (χ3v) is 6.87. The highest BCUT2D eigenvalue weighted by molar-refractivity contribution is 5.85. The van der Waals surface area contributed by atoms with E-state index in [1.165, 1.54) is 37.5 Å². The van der Waals surface area contributed by atoms with Crippen LogP contribution in [0.2, 0.25) is 0 Å². The Labute approximate surface area is 179 Å². The molecule has 162 valence electrons. The molecule has 0 spiro atoms. The van der Waals surface area contributed by atoms with Crippen LogP contribution in [0.15, 0.2) is 30.5 Å². The average molecular weight is 410 g/mol. The minimum atomic E-state index is -0.210. The molecule has 30 heavy (non-hydrogen) atoms. The molecule has 1 aliphatic rings. The first-order chi connectivity index (χ1) is 14.3. The Morgan fingerprint density at radius 3 is 2.50 bits per heavy atom. The maximum Gasteiger partial charge on any atom is 0.147 e. The van der Waals surface area contributed by atoms with Gasteiger partial charge in [-0.25, -0.2) is 9.97 Å². The van der Waals surface area contributed by atoms with E-state index in [4.69, 9.17) is 11.5 Å². The maximum atomic E-state index is 9.28. The predicted octanol–water partition coefficient (Wildman–Crippen LogP) is 4.32. The number of aliphatic hydroxyl groups is 1. The molecule has 1 saturated carbocycles. The lowest BCUT2D eigenvalue weighted by atomic mass is 9.78. The molecule has 0 aliphatic heterocycles. The van der Waals surface area contributed by atoms with Crippen molar-refractivity contribution >= 4 is 16.7 Å². The van der Waals surface area contributed by atoms with Crippen LogP contribution in [0.1, 0.15) is 57.3 Å². The summed E-state index contributed by atoms with van der Waals surface area (Å²) in [5.74, 6) is 0.286. The van der Waals surface area contributed by atoms with Crippen molar-refractivity contribution in [3.63, 3.8) is 0 Å². The van der Waals surface area contributed by atoms with Crippen LogP contribution in [-0.2, 0) is 13.7 Å². The lowest BCUT2D eigenvalue weighted by Crippen LogP contribution is -2.35. The van der Waals surface area contributed by atoms with Gasteiger partial charge < -0.3 is 21.1 Å². The van der Waals surface area contributed by atoms with Crippen molar-refractivity contribution in [2.24, 2.45) is 18.2 Å². The summed E-state index contributed by atoms with van der Waals surface area (Å²) in [6, 6.07) is 8.70. The molecule has 1 fully saturated rings. The number of hydrogen-bond acceptors (Lipinski definition) is 5. The van der Waals surface area contributed by atoms with Gasteiger partial charge in [0.15, 0.2) is 0 Å². The fourth-order valence-corrected chi connectivity index (χ4v) is 4.66. The summed E-state index contributed by atoms with van der Waals surface area (Å²) in [5, 5.41) is 10.5. The molecule has 0 saturated heterocycles. The molecule has 2 heterocycles. The van der Waals surface area contributed by atoms with Gasteiger partial charge in [0.1, 0.15) is 11.5 Å². The van der Waals surface area contributed by atoms with Crippen molar-refractivity contribution < 1.29 is 5.11 Å². The van der Waals surface area contributed by atoms with E-state index >= 15 is 0 Å². The number of aryl methyl sites for hydroxylation is 2. The Morgan fingerprint density at radius 1 is 1.20 bits per heavy atom. The van der Waals surface area contributed by atoms with E-state index in [1.807, 2.05) is 26.2 Å². The highest BCUT2D eigenvalue weighted by Crippen LogP contribution is 2.42. The zero-order chi connectivity index (χ0) is 21.9. The third kappa shape index (κ3) is 4.20. The van der Waals surface area contributed by atoms with E-state index in [9.17, 15) is 5.11 Å². The summed E-state index contributed by atoms with van der Waals surface area (Å²) in [6.45, 7) is 6.21. The number of hydrogen-bond donors (Lipinski definition) is 3. The second-order valence-corrected chi connectivity index (χ2v) is 8.42. The average Bonchev–Trinajstić information content (AvgIpc) is 3.31. The van der Waals surface area contributed by atoms with E-state index in [0.29, 0.717) is 17.2 Å². The van der Waals surface area contributed by atoms with Crippen molar-refractivity contribution in [3.05, 3.63) is 41.9 Å². The summed E-state index contributed by atoms with van der Waals surface area (Å²) in [7, 11) is 2.01. The smallest absolute Gasteiger partial charge is 0.147 e. The maximum absolute atomic E-state index is 9.28. The Balaban J connectivity index is 0.000000216. The highest BCUT2D eigenvalue weighted by Gasteiger charge is 2.37. The second-order valence-electron chi connectivity index (χ2n) is 8.42. The van der Waals surface area contributed by atoms with Gasteiger partial charge in [0, 0.05) is 30.4 Å². The van der Waals surface area contributed by atoms with Crippen LogP contribution in [0.3, 0.4) is 0 Å². The van der Waals surface area contributed by atoms with E-state index in [1.54, 1.807) is 0 Å². The molecule has 0 radical (unpaired) electrons. The van der Waals surface area contributed by atoms with Gasteiger partial charge in [-0.15, -0.1) is 0 Å². The van der Waals surface area contributed by atoms with Crippen molar-refractivity contribution in [2.75, 3.05) is 5.73 Å². The van der Waals surface area contributed by atoms with Crippen LogP contribution < -0.4 is 11.5 Å². The molecule has 0 unspecified atom stereocenters. The zero-order valence-electron chi connectivity index (χ0n) is 18.7. The quantitative estimate of drug-likeness (QED) is 0.595. The molecule has 2 aromatic heterocycles. The monoisotopic (exact) mass is 409 g/mol. The van der Waals surface area contributed by atoms with Crippen molar-refractivity contribution in [3.8, 4) is 11.3 Å². The highest BCUT2D eigenvalue weighted by atomic mass is 16.3. The second kappa shape index (κ2) is 9.14. The summed E-state index contributed by atoms with van der Waals surface area (Å²) in [6.07, 6.45) is 8.52. The van der Waals surface area contributed by atoms with Crippen molar-refractivity contribution in [1.29, 1.82) is 0 Å². The van der Waals surface area contributed by atoms with Crippen LogP contribution in [0.4, 0.5) is 5.82 Å². The van der Waals surface area contributed by atoms with Crippen LogP contribution in [0.5, 0.6) is 0 Å². The number of rotatable bonds is 4. The fourth-order valence-electron chi connectivity index (χ4n) is 4.66. The standard InChI is InChI=1S/C15H16N4O.C9H19N/c1-9-14(18-12(8-20)15(16)17-9)11-4-3-10-5-6-19(2)13(10)7-11;1-3-9(4-2)7-5-6-8(9)10/h3-7,20H,8H2,1-2H3,(H2,16,17);8H,3-7,10H2,1-2H3/t;8-/m.1/s1. The van der Waals surface area contributed by atoms with Crippen molar-refractivity contribution in [1.82, 2.24) is 14.5 Å². The topological polar surface area (TPSA) is 103 Å². The van der Waals surface area contributed by atoms with Crippen LogP contribution in [0, 0.1) is 12.3 Å². The summed E-state index contributed by atoms with van der Waals surface area (Å²) in [5.41, 5.74) is 16.3. The molecule has 6 nitrogen and oxygen atoms in total. The van der Waals surface area contributed by atoms with E-state index < -0.39 is 0 Å². The number of anilines is 1. The summed E-state index contributed by atoms with van der Waals surface area (Å²) >= 11 is 0. The lowest BCUT2D eigenvalue weighted by Gasteiger charge is -2.30. The molecule has 0 bridgehead atoms. The van der Waals surface area contributed by atoms with Gasteiger partial charge in [-0.2, -0.15) is 0 Å². The third-order valence-electron chi connectivity index (χ3n) is 6.87. The number of aromatic nitrogens is 3. The molecule has 1 aromatic carbocycles. The van der Waals surface area contributed by atoms with Crippen LogP contribution in [0.25, 0.3) is 22.2 Å². The van der Waals surface area contributed by atoms with Gasteiger partial charge in [0.25, 0.3) is 0 Å². The predicted molar refractivity (Wildman–Crippen MR) is 124 cm³/mol. The summed E-state index contributed by atoms with van der Waals surface area (Å²) < 4.78 is 2.06.